The number of aromatic hydroxyl groups is 2. The highest BCUT2D eigenvalue weighted by Gasteiger charge is 2.24. The minimum absolute atomic E-state index is 0.284. The van der Waals surface area contributed by atoms with Crippen molar-refractivity contribution in [2.75, 3.05) is 26.4 Å². The van der Waals surface area contributed by atoms with Gasteiger partial charge in [-0.15, -0.1) is 0 Å². The highest BCUT2D eigenvalue weighted by molar-refractivity contribution is 5.20. The Kier molecular flexibility index (Phi) is 11.0. The van der Waals surface area contributed by atoms with Crippen LogP contribution in [0.3, 0.4) is 0 Å². The van der Waals surface area contributed by atoms with Gasteiger partial charge in [0, 0.05) is 49.4 Å². The molecule has 0 saturated heterocycles. The van der Waals surface area contributed by atoms with E-state index in [0.717, 1.165) is 57.5 Å². The van der Waals surface area contributed by atoms with Crippen molar-refractivity contribution in [2.24, 2.45) is 0 Å². The molecule has 2 aromatic heterocycles. The number of unbranched alkanes of at least 4 members (excludes halogenated alkanes) is 2. The van der Waals surface area contributed by atoms with Crippen LogP contribution in [0.5, 0.6) is 11.5 Å². The summed E-state index contributed by atoms with van der Waals surface area (Å²) >= 11 is 0. The van der Waals surface area contributed by atoms with E-state index < -0.39 is 10.9 Å². The summed E-state index contributed by atoms with van der Waals surface area (Å²) in [6.07, 6.45) is 8.47. The number of hydrogen-bond acceptors (Lipinski definition) is 8. The number of ether oxygens (including phenoxy) is 2. The van der Waals surface area contributed by atoms with Crippen molar-refractivity contribution in [1.82, 2.24) is 0 Å². The van der Waals surface area contributed by atoms with Crippen molar-refractivity contribution in [2.45, 2.75) is 83.5 Å². The highest BCUT2D eigenvalue weighted by Crippen LogP contribution is 2.29. The lowest BCUT2D eigenvalue weighted by Crippen LogP contribution is -2.19. The second-order valence-corrected chi connectivity index (χ2v) is 10.2. The molecule has 0 saturated carbocycles. The second kappa shape index (κ2) is 13.5. The van der Waals surface area contributed by atoms with Crippen LogP contribution in [-0.2, 0) is 20.3 Å². The van der Waals surface area contributed by atoms with E-state index in [1.807, 2.05) is 27.7 Å². The van der Waals surface area contributed by atoms with Crippen LogP contribution in [-0.4, -0.2) is 36.6 Å². The van der Waals surface area contributed by atoms with Crippen molar-refractivity contribution in [3.05, 3.63) is 56.6 Å². The van der Waals surface area contributed by atoms with Crippen LogP contribution in [0.2, 0.25) is 0 Å². The quantitative estimate of drug-likeness (QED) is 0.313. The number of hydrogen-bond donors (Lipinski definition) is 2. The van der Waals surface area contributed by atoms with Crippen LogP contribution in [0.4, 0.5) is 0 Å². The molecule has 0 aromatic carbocycles. The molecule has 0 bridgehead atoms. The third-order valence-corrected chi connectivity index (χ3v) is 6.22. The largest absolute Gasteiger partial charge is 0.502 e. The summed E-state index contributed by atoms with van der Waals surface area (Å²) in [5, 5.41) is 18.7. The first-order valence-corrected chi connectivity index (χ1v) is 12.3. The SMILES string of the molecule is CC(C)(CCCCOCCCOCCCCC(C)(C)c1cc(=O)c(O)co1)c1cc(=O)c(O)co1. The smallest absolute Gasteiger partial charge is 0.226 e. The summed E-state index contributed by atoms with van der Waals surface area (Å²) in [6, 6.07) is 2.73. The fraction of sp³-hybridized carbons (Fsp3) is 0.630. The fourth-order valence-electron chi connectivity index (χ4n) is 3.77. The van der Waals surface area contributed by atoms with Gasteiger partial charge in [0.05, 0.1) is 0 Å². The Labute approximate surface area is 206 Å². The summed E-state index contributed by atoms with van der Waals surface area (Å²) in [7, 11) is 0. The average Bonchev–Trinajstić information content (AvgIpc) is 2.80. The molecule has 0 radical (unpaired) electrons. The van der Waals surface area contributed by atoms with E-state index in [2.05, 4.69) is 0 Å². The van der Waals surface area contributed by atoms with E-state index in [1.165, 1.54) is 12.1 Å². The van der Waals surface area contributed by atoms with Gasteiger partial charge in [0.25, 0.3) is 0 Å². The summed E-state index contributed by atoms with van der Waals surface area (Å²) in [5.74, 6) is 0.420. The standard InChI is InChI=1S/C27H40O8/c1-26(2,24-16-20(28)22(30)18-34-24)10-5-7-12-32-14-9-15-33-13-8-6-11-27(3,4)25-17-21(29)23(31)19-35-25/h16-19,30-31H,5-15H2,1-4H3. The lowest BCUT2D eigenvalue weighted by Gasteiger charge is -2.23. The Morgan fingerprint density at radius 3 is 1.40 bits per heavy atom. The van der Waals surface area contributed by atoms with Crippen LogP contribution in [0.1, 0.15) is 84.2 Å². The Balaban J connectivity index is 1.47. The van der Waals surface area contributed by atoms with Gasteiger partial charge in [-0.1, -0.05) is 40.5 Å². The Morgan fingerprint density at radius 1 is 0.657 bits per heavy atom. The minimum Gasteiger partial charge on any atom is -0.502 e. The van der Waals surface area contributed by atoms with Crippen LogP contribution >= 0.6 is 0 Å². The minimum atomic E-state index is -0.419. The molecule has 0 fully saturated rings. The first-order chi connectivity index (χ1) is 16.5. The van der Waals surface area contributed by atoms with E-state index in [-0.39, 0.29) is 22.3 Å². The van der Waals surface area contributed by atoms with Crippen molar-refractivity contribution in [3.63, 3.8) is 0 Å². The van der Waals surface area contributed by atoms with Gasteiger partial charge in [-0.25, -0.2) is 0 Å². The van der Waals surface area contributed by atoms with Gasteiger partial charge >= 0.3 is 0 Å². The van der Waals surface area contributed by atoms with Crippen molar-refractivity contribution < 1.29 is 28.5 Å². The third kappa shape index (κ3) is 9.53. The molecule has 2 rings (SSSR count). The van der Waals surface area contributed by atoms with Gasteiger partial charge in [-0.2, -0.15) is 0 Å². The van der Waals surface area contributed by atoms with E-state index in [0.29, 0.717) is 37.9 Å². The maximum Gasteiger partial charge on any atom is 0.226 e. The average molecular weight is 493 g/mol. The monoisotopic (exact) mass is 492 g/mol. The summed E-state index contributed by atoms with van der Waals surface area (Å²) in [4.78, 5) is 23.2. The van der Waals surface area contributed by atoms with Gasteiger partial charge in [0.1, 0.15) is 24.0 Å². The van der Waals surface area contributed by atoms with E-state index in [4.69, 9.17) is 18.3 Å². The lowest BCUT2D eigenvalue weighted by molar-refractivity contribution is 0.0785. The van der Waals surface area contributed by atoms with Crippen LogP contribution in [0, 0.1) is 0 Å². The molecule has 0 aliphatic carbocycles. The normalized spacial score (nSPS) is 12.2. The van der Waals surface area contributed by atoms with E-state index in [1.54, 1.807) is 0 Å². The topological polar surface area (TPSA) is 119 Å². The first kappa shape index (κ1) is 28.7. The molecule has 2 heterocycles. The molecule has 0 amide bonds. The molecule has 2 aromatic rings. The van der Waals surface area contributed by atoms with Crippen molar-refractivity contribution in [1.29, 1.82) is 0 Å². The fourth-order valence-corrected chi connectivity index (χ4v) is 3.77. The molecule has 0 atom stereocenters. The zero-order valence-electron chi connectivity index (χ0n) is 21.4. The molecule has 0 spiro atoms. The van der Waals surface area contributed by atoms with Gasteiger partial charge < -0.3 is 28.5 Å². The second-order valence-electron chi connectivity index (χ2n) is 10.2. The van der Waals surface area contributed by atoms with Gasteiger partial charge in [0.15, 0.2) is 11.5 Å². The Hall–Kier alpha value is -2.58. The Morgan fingerprint density at radius 2 is 1.03 bits per heavy atom. The molecule has 2 N–H and O–H groups in total. The van der Waals surface area contributed by atoms with Gasteiger partial charge in [-0.3, -0.25) is 9.59 Å². The van der Waals surface area contributed by atoms with Crippen LogP contribution in [0.15, 0.2) is 43.1 Å². The molecule has 8 heteroatoms. The van der Waals surface area contributed by atoms with E-state index >= 15 is 0 Å². The molecule has 0 aliphatic heterocycles. The maximum absolute atomic E-state index is 11.6. The maximum atomic E-state index is 11.6. The van der Waals surface area contributed by atoms with Gasteiger partial charge in [0.2, 0.25) is 10.9 Å². The van der Waals surface area contributed by atoms with Gasteiger partial charge in [-0.05, 0) is 32.1 Å². The Bertz CT molecular complexity index is 937. The molecule has 196 valence electrons. The molecular formula is C27H40O8. The van der Waals surface area contributed by atoms with Crippen molar-refractivity contribution >= 4 is 0 Å². The molecule has 0 unspecified atom stereocenters. The van der Waals surface area contributed by atoms with Crippen LogP contribution in [0.25, 0.3) is 0 Å². The third-order valence-electron chi connectivity index (χ3n) is 6.22. The predicted octanol–water partition coefficient (Wildman–Crippen LogP) is 5.02. The predicted molar refractivity (Wildman–Crippen MR) is 133 cm³/mol. The molecule has 0 aliphatic rings. The van der Waals surface area contributed by atoms with E-state index in [9.17, 15) is 19.8 Å². The summed E-state index contributed by atoms with van der Waals surface area (Å²) < 4.78 is 22.2. The zero-order chi connectivity index (χ0) is 25.9. The lowest BCUT2D eigenvalue weighted by atomic mass is 9.84. The summed E-state index contributed by atoms with van der Waals surface area (Å²) in [5.41, 5.74) is -1.41. The number of rotatable bonds is 16. The first-order valence-electron chi connectivity index (χ1n) is 12.3. The highest BCUT2D eigenvalue weighted by atomic mass is 16.5. The molecule has 35 heavy (non-hydrogen) atoms. The zero-order valence-corrected chi connectivity index (χ0v) is 21.4. The molecule has 8 nitrogen and oxygen atoms in total. The molecular weight excluding hydrogens is 452 g/mol. The van der Waals surface area contributed by atoms with Crippen LogP contribution < -0.4 is 10.9 Å². The summed E-state index contributed by atoms with van der Waals surface area (Å²) in [6.45, 7) is 10.8. The van der Waals surface area contributed by atoms with Crippen molar-refractivity contribution in [3.8, 4) is 11.5 Å².